The zero-order valence-corrected chi connectivity index (χ0v) is 16.8. The maximum Gasteiger partial charge on any atom is 0.345 e. The Morgan fingerprint density at radius 3 is 3.00 bits per heavy atom. The van der Waals surface area contributed by atoms with Crippen molar-refractivity contribution < 1.29 is 0 Å². The summed E-state index contributed by atoms with van der Waals surface area (Å²) in [4.78, 5) is 19.1. The first-order chi connectivity index (χ1) is 13.7. The number of guanidine groups is 1. The number of hydrogen-bond donors (Lipinski definition) is 1. The summed E-state index contributed by atoms with van der Waals surface area (Å²) in [5, 5.41) is 12.2. The van der Waals surface area contributed by atoms with Gasteiger partial charge in [-0.2, -0.15) is 10.2 Å². The molecule has 1 saturated heterocycles. The molecule has 9 nitrogen and oxygen atoms in total. The van der Waals surface area contributed by atoms with Gasteiger partial charge in [0.25, 0.3) is 0 Å². The van der Waals surface area contributed by atoms with Crippen LogP contribution in [0.15, 0.2) is 22.2 Å². The summed E-state index contributed by atoms with van der Waals surface area (Å²) in [5.41, 5.74) is 1.33. The van der Waals surface area contributed by atoms with Gasteiger partial charge < -0.3 is 10.2 Å². The van der Waals surface area contributed by atoms with Crippen LogP contribution in [0.3, 0.4) is 0 Å². The lowest BCUT2D eigenvalue weighted by atomic mass is 10.0. The minimum absolute atomic E-state index is 0.0398. The number of nitrogens with zero attached hydrogens (tertiary/aromatic N) is 7. The molecule has 0 amide bonds. The summed E-state index contributed by atoms with van der Waals surface area (Å²) in [6.07, 6.45) is 9.15. The second-order valence-electron chi connectivity index (χ2n) is 7.74. The van der Waals surface area contributed by atoms with Gasteiger partial charge in [-0.05, 0) is 31.2 Å². The monoisotopic (exact) mass is 386 g/mol. The second kappa shape index (κ2) is 8.20. The molecule has 0 spiro atoms. The highest BCUT2D eigenvalue weighted by Gasteiger charge is 2.26. The van der Waals surface area contributed by atoms with Gasteiger partial charge in [-0.3, -0.25) is 14.2 Å². The van der Waals surface area contributed by atoms with E-state index in [9.17, 15) is 4.79 Å². The standard InChI is InChI=1S/C19H30N8O/c1-20-18(25-11-7-15(14-25)16-12-22-24(2)13-16)21-8-5-10-27-19(28)26-9-4-3-6-17(26)23-27/h12-13,15H,3-11,14H2,1-2H3,(H,20,21). The minimum Gasteiger partial charge on any atom is -0.356 e. The van der Waals surface area contributed by atoms with Crippen LogP contribution in [-0.2, 0) is 26.6 Å². The normalized spacial score (nSPS) is 19.9. The van der Waals surface area contributed by atoms with Gasteiger partial charge in [0, 0.05) is 65.4 Å². The highest BCUT2D eigenvalue weighted by Crippen LogP contribution is 2.26. The molecule has 1 fully saturated rings. The number of aryl methyl sites for hydroxylation is 3. The maximum atomic E-state index is 12.4. The van der Waals surface area contributed by atoms with Gasteiger partial charge >= 0.3 is 5.69 Å². The first-order valence-electron chi connectivity index (χ1n) is 10.3. The van der Waals surface area contributed by atoms with E-state index < -0.39 is 0 Å². The van der Waals surface area contributed by atoms with E-state index in [2.05, 4.69) is 31.6 Å². The van der Waals surface area contributed by atoms with E-state index in [-0.39, 0.29) is 5.69 Å². The zero-order valence-electron chi connectivity index (χ0n) is 16.8. The van der Waals surface area contributed by atoms with Crippen molar-refractivity contribution in [1.82, 2.24) is 34.3 Å². The summed E-state index contributed by atoms with van der Waals surface area (Å²) < 4.78 is 5.32. The number of aromatic nitrogens is 5. The Labute approximate surface area is 165 Å². The summed E-state index contributed by atoms with van der Waals surface area (Å²) in [6, 6.07) is 0. The fraction of sp³-hybridized carbons (Fsp3) is 0.684. The molecule has 1 unspecified atom stereocenters. The molecule has 0 aromatic carbocycles. The Balaban J connectivity index is 1.26. The Hall–Kier alpha value is -2.58. The van der Waals surface area contributed by atoms with Gasteiger partial charge in [-0.1, -0.05) is 0 Å². The van der Waals surface area contributed by atoms with Gasteiger partial charge in [0.05, 0.1) is 6.20 Å². The second-order valence-corrected chi connectivity index (χ2v) is 7.74. The molecule has 28 heavy (non-hydrogen) atoms. The molecule has 4 heterocycles. The predicted molar refractivity (Wildman–Crippen MR) is 108 cm³/mol. The van der Waals surface area contributed by atoms with Crippen LogP contribution < -0.4 is 11.0 Å². The number of likely N-dealkylation sites (tertiary alicyclic amines) is 1. The zero-order chi connectivity index (χ0) is 19.5. The summed E-state index contributed by atoms with van der Waals surface area (Å²) in [7, 11) is 3.78. The topological polar surface area (TPSA) is 85.3 Å². The van der Waals surface area contributed by atoms with Crippen LogP contribution >= 0.6 is 0 Å². The molecular formula is C19H30N8O. The summed E-state index contributed by atoms with van der Waals surface area (Å²) in [5.74, 6) is 2.38. The van der Waals surface area contributed by atoms with Crippen LogP contribution in [-0.4, -0.2) is 61.7 Å². The number of hydrogen-bond acceptors (Lipinski definition) is 4. The van der Waals surface area contributed by atoms with Crippen LogP contribution in [0, 0.1) is 0 Å². The third-order valence-corrected chi connectivity index (χ3v) is 5.76. The molecule has 0 bridgehead atoms. The fourth-order valence-electron chi connectivity index (χ4n) is 4.23. The Morgan fingerprint density at radius 2 is 2.25 bits per heavy atom. The van der Waals surface area contributed by atoms with Gasteiger partial charge in [-0.25, -0.2) is 9.48 Å². The van der Waals surface area contributed by atoms with E-state index in [0.717, 1.165) is 70.1 Å². The van der Waals surface area contributed by atoms with Crippen molar-refractivity contribution in [3.63, 3.8) is 0 Å². The number of rotatable bonds is 5. The molecule has 2 aromatic heterocycles. The lowest BCUT2D eigenvalue weighted by molar-refractivity contribution is 0.477. The van der Waals surface area contributed by atoms with Gasteiger partial charge in [0.1, 0.15) is 5.82 Å². The molecule has 152 valence electrons. The van der Waals surface area contributed by atoms with Crippen molar-refractivity contribution in [1.29, 1.82) is 0 Å². The summed E-state index contributed by atoms with van der Waals surface area (Å²) in [6.45, 7) is 4.17. The Bertz CT molecular complexity index is 892. The first kappa shape index (κ1) is 18.8. The number of fused-ring (bicyclic) bond motifs is 1. The highest BCUT2D eigenvalue weighted by atomic mass is 16.2. The van der Waals surface area contributed by atoms with E-state index in [4.69, 9.17) is 0 Å². The van der Waals surface area contributed by atoms with E-state index in [1.165, 1.54) is 5.56 Å². The predicted octanol–water partition coefficient (Wildman–Crippen LogP) is 0.570. The molecule has 1 atom stereocenters. The fourth-order valence-corrected chi connectivity index (χ4v) is 4.23. The third-order valence-electron chi connectivity index (χ3n) is 5.76. The number of aliphatic imine (C=N–C) groups is 1. The van der Waals surface area contributed by atoms with E-state index >= 15 is 0 Å². The molecular weight excluding hydrogens is 356 g/mol. The largest absolute Gasteiger partial charge is 0.356 e. The van der Waals surface area contributed by atoms with Crippen molar-refractivity contribution in [3.8, 4) is 0 Å². The molecule has 4 rings (SSSR count). The molecule has 2 aliphatic heterocycles. The molecule has 9 heteroatoms. The average molecular weight is 387 g/mol. The molecule has 1 N–H and O–H groups in total. The van der Waals surface area contributed by atoms with Crippen molar-refractivity contribution in [2.75, 3.05) is 26.7 Å². The molecule has 0 aliphatic carbocycles. The van der Waals surface area contributed by atoms with Crippen molar-refractivity contribution in [2.24, 2.45) is 12.0 Å². The first-order valence-corrected chi connectivity index (χ1v) is 10.3. The lowest BCUT2D eigenvalue weighted by Crippen LogP contribution is -2.40. The SMILES string of the molecule is CN=C(NCCCn1nc2n(c1=O)CCCC2)N1CCC(c2cnn(C)c2)C1. The lowest BCUT2D eigenvalue weighted by Gasteiger charge is -2.21. The van der Waals surface area contributed by atoms with E-state index in [0.29, 0.717) is 12.5 Å². The van der Waals surface area contributed by atoms with Crippen molar-refractivity contribution >= 4 is 5.96 Å². The maximum absolute atomic E-state index is 12.4. The molecule has 0 saturated carbocycles. The Kier molecular flexibility index (Phi) is 5.50. The van der Waals surface area contributed by atoms with Gasteiger partial charge in [0.15, 0.2) is 5.96 Å². The van der Waals surface area contributed by atoms with Crippen molar-refractivity contribution in [3.05, 3.63) is 34.3 Å². The molecule has 2 aromatic rings. The van der Waals surface area contributed by atoms with Crippen LogP contribution in [0.2, 0.25) is 0 Å². The van der Waals surface area contributed by atoms with Gasteiger partial charge in [-0.15, -0.1) is 0 Å². The summed E-state index contributed by atoms with van der Waals surface area (Å²) >= 11 is 0. The molecule has 0 radical (unpaired) electrons. The Morgan fingerprint density at radius 1 is 1.36 bits per heavy atom. The van der Waals surface area contributed by atoms with Crippen molar-refractivity contribution in [2.45, 2.75) is 51.1 Å². The third kappa shape index (κ3) is 3.83. The van der Waals surface area contributed by atoms with Gasteiger partial charge in [0.2, 0.25) is 0 Å². The van der Waals surface area contributed by atoms with Crippen LogP contribution in [0.25, 0.3) is 0 Å². The quantitative estimate of drug-likeness (QED) is 0.461. The van der Waals surface area contributed by atoms with E-state index in [1.54, 1.807) is 4.68 Å². The smallest absolute Gasteiger partial charge is 0.345 e. The average Bonchev–Trinajstić information content (AvgIpc) is 3.42. The van der Waals surface area contributed by atoms with E-state index in [1.807, 2.05) is 29.5 Å². The number of nitrogens with one attached hydrogen (secondary N) is 1. The van der Waals surface area contributed by atoms with Crippen LogP contribution in [0.1, 0.15) is 43.0 Å². The highest BCUT2D eigenvalue weighted by molar-refractivity contribution is 5.80. The minimum atomic E-state index is 0.0398. The van der Waals surface area contributed by atoms with Crippen LogP contribution in [0.5, 0.6) is 0 Å². The molecule has 2 aliphatic rings. The van der Waals surface area contributed by atoms with Crippen LogP contribution in [0.4, 0.5) is 0 Å².